The summed E-state index contributed by atoms with van der Waals surface area (Å²) in [4.78, 5) is 12.5. The van der Waals surface area contributed by atoms with Gasteiger partial charge in [-0.1, -0.05) is 36.7 Å². The Morgan fingerprint density at radius 1 is 1.45 bits per heavy atom. The van der Waals surface area contributed by atoms with Crippen molar-refractivity contribution in [1.82, 2.24) is 0 Å². The Morgan fingerprint density at radius 2 is 2.05 bits per heavy atom. The van der Waals surface area contributed by atoms with Gasteiger partial charge >= 0.3 is 0 Å². The fraction of sp³-hybridized carbons (Fsp3) is 0.429. The summed E-state index contributed by atoms with van der Waals surface area (Å²) in [7, 11) is 0. The van der Waals surface area contributed by atoms with E-state index in [9.17, 15) is 4.79 Å². The molecular weight excluding hydrogens is 278 g/mol. The van der Waals surface area contributed by atoms with Crippen molar-refractivity contribution in [3.05, 3.63) is 28.8 Å². The maximum atomic E-state index is 12.5. The van der Waals surface area contributed by atoms with Gasteiger partial charge in [0.15, 0.2) is 5.84 Å². The van der Waals surface area contributed by atoms with E-state index in [0.29, 0.717) is 23.6 Å². The van der Waals surface area contributed by atoms with Gasteiger partial charge in [-0.25, -0.2) is 0 Å². The molecule has 5 nitrogen and oxygen atoms in total. The number of nitrogens with zero attached hydrogens (tertiary/aromatic N) is 1. The highest BCUT2D eigenvalue weighted by Crippen LogP contribution is 2.30. The number of nitrogens with two attached hydrogens (primary N) is 1. The van der Waals surface area contributed by atoms with E-state index in [1.165, 1.54) is 0 Å². The molecule has 0 unspecified atom stereocenters. The van der Waals surface area contributed by atoms with Gasteiger partial charge in [-0.3, -0.25) is 4.79 Å². The van der Waals surface area contributed by atoms with E-state index in [4.69, 9.17) is 22.5 Å². The average Bonchev–Trinajstić information content (AvgIpc) is 2.43. The second kappa shape index (κ2) is 6.61. The lowest BCUT2D eigenvalue weighted by Crippen LogP contribution is -2.46. The molecule has 0 saturated heterocycles. The fourth-order valence-corrected chi connectivity index (χ4v) is 2.39. The summed E-state index contributed by atoms with van der Waals surface area (Å²) in [6.07, 6.45) is 0.851. The number of nitrogens with one attached hydrogen (secondary N) is 1. The highest BCUT2D eigenvalue weighted by Gasteiger charge is 2.40. The molecule has 0 aliphatic rings. The Morgan fingerprint density at radius 3 is 2.50 bits per heavy atom. The van der Waals surface area contributed by atoms with Gasteiger partial charge in [0.1, 0.15) is 5.41 Å². The Hall–Kier alpha value is -1.75. The Bertz CT molecular complexity index is 525. The molecule has 0 heterocycles. The van der Waals surface area contributed by atoms with Crippen LogP contribution in [0.2, 0.25) is 5.02 Å². The van der Waals surface area contributed by atoms with Crippen LogP contribution >= 0.6 is 11.6 Å². The zero-order chi connectivity index (χ0) is 15.3. The lowest BCUT2D eigenvalue weighted by Gasteiger charge is -2.28. The first-order chi connectivity index (χ1) is 9.41. The smallest absolute Gasteiger partial charge is 0.238 e. The number of hydrogen-bond acceptors (Lipinski definition) is 3. The molecule has 1 aromatic carbocycles. The minimum Gasteiger partial charge on any atom is -0.409 e. The van der Waals surface area contributed by atoms with Crippen LogP contribution in [-0.2, 0) is 4.79 Å². The van der Waals surface area contributed by atoms with Crippen molar-refractivity contribution in [2.75, 3.05) is 5.32 Å². The van der Waals surface area contributed by atoms with Gasteiger partial charge < -0.3 is 16.3 Å². The molecule has 0 bridgehead atoms. The van der Waals surface area contributed by atoms with Crippen molar-refractivity contribution in [3.63, 3.8) is 0 Å². The van der Waals surface area contributed by atoms with Gasteiger partial charge in [-0.2, -0.15) is 0 Å². The minimum absolute atomic E-state index is 0.0942. The molecule has 1 aromatic rings. The number of benzene rings is 1. The first-order valence-electron chi connectivity index (χ1n) is 6.46. The first-order valence-corrected chi connectivity index (χ1v) is 6.84. The van der Waals surface area contributed by atoms with Crippen molar-refractivity contribution in [1.29, 1.82) is 0 Å². The lowest BCUT2D eigenvalue weighted by molar-refractivity contribution is -0.122. The third-order valence-corrected chi connectivity index (χ3v) is 3.93. The molecule has 0 fully saturated rings. The maximum absolute atomic E-state index is 12.5. The predicted molar refractivity (Wildman–Crippen MR) is 81.2 cm³/mol. The number of amidine groups is 1. The van der Waals surface area contributed by atoms with E-state index in [1.54, 1.807) is 12.1 Å². The van der Waals surface area contributed by atoms with Gasteiger partial charge in [0.25, 0.3) is 0 Å². The molecule has 6 heteroatoms. The Labute approximate surface area is 123 Å². The number of hydrogen-bond donors (Lipinski definition) is 3. The van der Waals surface area contributed by atoms with Gasteiger partial charge in [0.05, 0.1) is 10.7 Å². The van der Waals surface area contributed by atoms with Crippen LogP contribution in [0.15, 0.2) is 23.4 Å². The van der Waals surface area contributed by atoms with Gasteiger partial charge in [-0.05, 0) is 37.5 Å². The summed E-state index contributed by atoms with van der Waals surface area (Å²) in [6.45, 7) is 5.55. The van der Waals surface area contributed by atoms with Crippen LogP contribution in [0.4, 0.5) is 5.69 Å². The molecule has 0 atom stereocenters. The third kappa shape index (κ3) is 3.04. The molecule has 0 aliphatic heterocycles. The summed E-state index contributed by atoms with van der Waals surface area (Å²) in [5.74, 6) is -0.424. The molecule has 1 amide bonds. The number of carbonyl (C=O) groups excluding carboxylic acids is 1. The van der Waals surface area contributed by atoms with Gasteiger partial charge in [0, 0.05) is 0 Å². The van der Waals surface area contributed by atoms with E-state index in [0.717, 1.165) is 5.56 Å². The summed E-state index contributed by atoms with van der Waals surface area (Å²) >= 11 is 6.10. The maximum Gasteiger partial charge on any atom is 0.238 e. The van der Waals surface area contributed by atoms with E-state index >= 15 is 0 Å². The number of rotatable bonds is 5. The number of anilines is 1. The third-order valence-electron chi connectivity index (χ3n) is 3.61. The standard InChI is InChI=1S/C14H20ClN3O2/c1-4-14(5-2,12(16)18-20)13(19)17-11-7-6-9(3)8-10(11)15/h6-8,20H,4-5H2,1-3H3,(H2,16,18)(H,17,19). The van der Waals surface area contributed by atoms with Crippen LogP contribution in [0.25, 0.3) is 0 Å². The number of amides is 1. The highest BCUT2D eigenvalue weighted by atomic mass is 35.5. The molecule has 0 radical (unpaired) electrons. The topological polar surface area (TPSA) is 87.7 Å². The monoisotopic (exact) mass is 297 g/mol. The molecule has 0 aliphatic carbocycles. The highest BCUT2D eigenvalue weighted by molar-refractivity contribution is 6.34. The fourth-order valence-electron chi connectivity index (χ4n) is 2.11. The Balaban J connectivity index is 3.09. The normalized spacial score (nSPS) is 12.3. The second-order valence-electron chi connectivity index (χ2n) is 4.71. The van der Waals surface area contributed by atoms with Crippen molar-refractivity contribution in [2.45, 2.75) is 33.6 Å². The molecule has 0 spiro atoms. The van der Waals surface area contributed by atoms with E-state index < -0.39 is 5.41 Å². The minimum atomic E-state index is -1.04. The second-order valence-corrected chi connectivity index (χ2v) is 5.12. The van der Waals surface area contributed by atoms with Crippen LogP contribution in [0, 0.1) is 12.3 Å². The van der Waals surface area contributed by atoms with Gasteiger partial charge in [0.2, 0.25) is 5.91 Å². The quantitative estimate of drug-likeness (QED) is 0.338. The van der Waals surface area contributed by atoms with E-state index in [1.807, 2.05) is 26.8 Å². The summed E-state index contributed by atoms with van der Waals surface area (Å²) < 4.78 is 0. The molecule has 1 rings (SSSR count). The lowest BCUT2D eigenvalue weighted by atomic mass is 9.80. The van der Waals surface area contributed by atoms with Gasteiger partial charge in [-0.15, -0.1) is 0 Å². The summed E-state index contributed by atoms with van der Waals surface area (Å²) in [5, 5.41) is 15.1. The van der Waals surface area contributed by atoms with E-state index in [-0.39, 0.29) is 11.7 Å². The predicted octanol–water partition coefficient (Wildman–Crippen LogP) is 3.14. The molecular formula is C14H20ClN3O2. The van der Waals surface area contributed by atoms with Crippen LogP contribution in [-0.4, -0.2) is 17.0 Å². The van der Waals surface area contributed by atoms with Crippen molar-refractivity contribution in [2.24, 2.45) is 16.3 Å². The number of aryl methyl sites for hydroxylation is 1. The molecule has 4 N–H and O–H groups in total. The number of oxime groups is 1. The molecule has 20 heavy (non-hydrogen) atoms. The number of carbonyl (C=O) groups is 1. The van der Waals surface area contributed by atoms with Crippen molar-refractivity contribution < 1.29 is 10.0 Å². The van der Waals surface area contributed by atoms with Crippen LogP contribution in [0.5, 0.6) is 0 Å². The van der Waals surface area contributed by atoms with Crippen molar-refractivity contribution >= 4 is 29.0 Å². The van der Waals surface area contributed by atoms with Crippen LogP contribution in [0.3, 0.4) is 0 Å². The zero-order valence-electron chi connectivity index (χ0n) is 11.9. The molecule has 0 saturated carbocycles. The largest absolute Gasteiger partial charge is 0.409 e. The first kappa shape index (κ1) is 16.3. The van der Waals surface area contributed by atoms with Crippen LogP contribution < -0.4 is 11.1 Å². The van der Waals surface area contributed by atoms with E-state index in [2.05, 4.69) is 10.5 Å². The number of halogens is 1. The molecule has 0 aromatic heterocycles. The summed E-state index contributed by atoms with van der Waals surface area (Å²) in [5.41, 5.74) is 6.17. The zero-order valence-corrected chi connectivity index (χ0v) is 12.7. The van der Waals surface area contributed by atoms with Crippen LogP contribution in [0.1, 0.15) is 32.3 Å². The summed E-state index contributed by atoms with van der Waals surface area (Å²) in [6, 6.07) is 5.35. The molecule has 110 valence electrons. The van der Waals surface area contributed by atoms with Crippen molar-refractivity contribution in [3.8, 4) is 0 Å². The Kier molecular flexibility index (Phi) is 5.39. The SMILES string of the molecule is CCC(CC)(C(=O)Nc1ccc(C)cc1Cl)C(N)=NO. The average molecular weight is 298 g/mol.